The Morgan fingerprint density at radius 2 is 2.30 bits per heavy atom. The molecule has 1 aromatic rings. The summed E-state index contributed by atoms with van der Waals surface area (Å²) in [5, 5.41) is 8.96. The summed E-state index contributed by atoms with van der Waals surface area (Å²) in [4.78, 5) is 3.82. The van der Waals surface area contributed by atoms with E-state index in [0.29, 0.717) is 10.3 Å². The maximum atomic E-state index is 8.96. The third-order valence-electron chi connectivity index (χ3n) is 0.977. The van der Waals surface area contributed by atoms with Crippen LogP contribution in [0.15, 0.2) is 16.7 Å². The number of aromatic nitrogens is 1. The predicted molar refractivity (Wildman–Crippen MR) is 41.5 cm³/mol. The maximum Gasteiger partial charge on any atom is 0.149 e. The molecular weight excluding hydrogens is 194 g/mol. The van der Waals surface area contributed by atoms with Crippen molar-refractivity contribution >= 4 is 15.9 Å². The Hall–Kier alpha value is -1.01. The molecule has 1 rings (SSSR count). The van der Waals surface area contributed by atoms with Gasteiger partial charge in [0, 0.05) is 0 Å². The molecule has 1 heterocycles. The standard InChI is InChI=1S/C7H4BrNO/c1-2-5-3-4-6(10)7(8)9-5/h1,3-4,10H. The highest BCUT2D eigenvalue weighted by molar-refractivity contribution is 9.10. The summed E-state index contributed by atoms with van der Waals surface area (Å²) < 4.78 is 0.378. The van der Waals surface area contributed by atoms with E-state index in [1.54, 1.807) is 6.07 Å². The zero-order valence-electron chi connectivity index (χ0n) is 5.00. The molecule has 1 N–H and O–H groups in total. The van der Waals surface area contributed by atoms with Gasteiger partial charge in [-0.25, -0.2) is 4.98 Å². The zero-order chi connectivity index (χ0) is 7.56. The molecule has 2 nitrogen and oxygen atoms in total. The quantitative estimate of drug-likeness (QED) is 0.506. The van der Waals surface area contributed by atoms with Gasteiger partial charge in [0.05, 0.1) is 0 Å². The molecule has 0 saturated heterocycles. The molecule has 0 aliphatic carbocycles. The van der Waals surface area contributed by atoms with Crippen LogP contribution >= 0.6 is 15.9 Å². The Morgan fingerprint density at radius 1 is 1.60 bits per heavy atom. The van der Waals surface area contributed by atoms with Gasteiger partial charge in [-0.3, -0.25) is 0 Å². The Labute approximate surface area is 67.0 Å². The summed E-state index contributed by atoms with van der Waals surface area (Å²) in [5.41, 5.74) is 0.504. The lowest BCUT2D eigenvalue weighted by atomic mass is 10.3. The van der Waals surface area contributed by atoms with Gasteiger partial charge in [0.1, 0.15) is 16.0 Å². The van der Waals surface area contributed by atoms with Gasteiger partial charge >= 0.3 is 0 Å². The number of hydrogen-bond donors (Lipinski definition) is 1. The van der Waals surface area contributed by atoms with Gasteiger partial charge < -0.3 is 5.11 Å². The van der Waals surface area contributed by atoms with Crippen LogP contribution < -0.4 is 0 Å². The fourth-order valence-corrected chi connectivity index (χ4v) is 0.831. The van der Waals surface area contributed by atoms with Crippen molar-refractivity contribution in [2.24, 2.45) is 0 Å². The molecule has 0 fully saturated rings. The second kappa shape index (κ2) is 2.72. The van der Waals surface area contributed by atoms with Crippen molar-refractivity contribution in [3.8, 4) is 18.1 Å². The number of halogens is 1. The Bertz CT molecular complexity index is 290. The number of aromatic hydroxyl groups is 1. The van der Waals surface area contributed by atoms with Crippen molar-refractivity contribution in [3.05, 3.63) is 22.4 Å². The number of hydrogen-bond acceptors (Lipinski definition) is 2. The molecule has 0 aliphatic rings. The first kappa shape index (κ1) is 7.10. The molecule has 0 radical (unpaired) electrons. The number of pyridine rings is 1. The molecule has 0 unspecified atom stereocenters. The van der Waals surface area contributed by atoms with Crippen molar-refractivity contribution in [2.75, 3.05) is 0 Å². The average molecular weight is 198 g/mol. The van der Waals surface area contributed by atoms with E-state index in [2.05, 4.69) is 26.8 Å². The summed E-state index contributed by atoms with van der Waals surface area (Å²) in [6.45, 7) is 0. The van der Waals surface area contributed by atoms with Crippen LogP contribution in [0.5, 0.6) is 5.75 Å². The van der Waals surface area contributed by atoms with Crippen LogP contribution in [0.4, 0.5) is 0 Å². The molecule has 3 heteroatoms. The summed E-state index contributed by atoms with van der Waals surface area (Å²) in [5.74, 6) is 2.44. The maximum absolute atomic E-state index is 8.96. The minimum atomic E-state index is 0.0963. The van der Waals surface area contributed by atoms with E-state index >= 15 is 0 Å². The van der Waals surface area contributed by atoms with E-state index in [9.17, 15) is 0 Å². The molecule has 1 aromatic heterocycles. The summed E-state index contributed by atoms with van der Waals surface area (Å²) >= 11 is 3.03. The normalized spacial score (nSPS) is 8.80. The van der Waals surface area contributed by atoms with E-state index in [-0.39, 0.29) is 5.75 Å². The number of rotatable bonds is 0. The van der Waals surface area contributed by atoms with E-state index in [1.807, 2.05) is 0 Å². The monoisotopic (exact) mass is 197 g/mol. The first-order valence-electron chi connectivity index (χ1n) is 2.56. The number of terminal acetylenes is 1. The van der Waals surface area contributed by atoms with Crippen LogP contribution in [0.1, 0.15) is 5.69 Å². The largest absolute Gasteiger partial charge is 0.505 e. The highest BCUT2D eigenvalue weighted by Crippen LogP contribution is 2.19. The second-order valence-corrected chi connectivity index (χ2v) is 2.40. The van der Waals surface area contributed by atoms with Crippen LogP contribution in [-0.2, 0) is 0 Å². The molecule has 0 atom stereocenters. The van der Waals surface area contributed by atoms with Gasteiger partial charge in [-0.2, -0.15) is 0 Å². The van der Waals surface area contributed by atoms with Gasteiger partial charge in [0.15, 0.2) is 0 Å². The number of nitrogens with zero attached hydrogens (tertiary/aromatic N) is 1. The molecule has 0 bridgehead atoms. The third-order valence-corrected chi connectivity index (χ3v) is 1.56. The first-order valence-corrected chi connectivity index (χ1v) is 3.35. The molecule has 50 valence electrons. The topological polar surface area (TPSA) is 33.1 Å². The summed E-state index contributed by atoms with van der Waals surface area (Å²) in [6, 6.07) is 3.06. The van der Waals surface area contributed by atoms with Crippen LogP contribution in [0.2, 0.25) is 0 Å². The van der Waals surface area contributed by atoms with Crippen LogP contribution in [0.25, 0.3) is 0 Å². The molecule has 0 aliphatic heterocycles. The van der Waals surface area contributed by atoms with Gasteiger partial charge in [-0.05, 0) is 28.1 Å². The highest BCUT2D eigenvalue weighted by atomic mass is 79.9. The fourth-order valence-electron chi connectivity index (χ4n) is 0.507. The molecule has 0 spiro atoms. The van der Waals surface area contributed by atoms with Gasteiger partial charge in [-0.1, -0.05) is 5.92 Å². The lowest BCUT2D eigenvalue weighted by Crippen LogP contribution is -1.81. The molecular formula is C7H4BrNO. The fraction of sp³-hybridized carbons (Fsp3) is 0. The van der Waals surface area contributed by atoms with E-state index in [4.69, 9.17) is 11.5 Å². The van der Waals surface area contributed by atoms with E-state index < -0.39 is 0 Å². The van der Waals surface area contributed by atoms with Crippen LogP contribution in [0, 0.1) is 12.3 Å². The molecule has 0 aromatic carbocycles. The Balaban J connectivity index is 3.20. The first-order chi connectivity index (χ1) is 4.74. The van der Waals surface area contributed by atoms with Crippen molar-refractivity contribution < 1.29 is 5.11 Å². The smallest absolute Gasteiger partial charge is 0.149 e. The van der Waals surface area contributed by atoms with Gasteiger partial charge in [0.25, 0.3) is 0 Å². The van der Waals surface area contributed by atoms with Crippen LogP contribution in [0.3, 0.4) is 0 Å². The van der Waals surface area contributed by atoms with Crippen molar-refractivity contribution in [1.82, 2.24) is 4.98 Å². The molecule has 0 amide bonds. The SMILES string of the molecule is C#Cc1ccc(O)c(Br)n1. The van der Waals surface area contributed by atoms with Crippen molar-refractivity contribution in [2.45, 2.75) is 0 Å². The minimum Gasteiger partial charge on any atom is -0.505 e. The summed E-state index contributed by atoms with van der Waals surface area (Å²) in [6.07, 6.45) is 5.05. The second-order valence-electron chi connectivity index (χ2n) is 1.65. The van der Waals surface area contributed by atoms with E-state index in [0.717, 1.165) is 0 Å². The van der Waals surface area contributed by atoms with Crippen molar-refractivity contribution in [3.63, 3.8) is 0 Å². The lowest BCUT2D eigenvalue weighted by molar-refractivity contribution is 0.468. The lowest BCUT2D eigenvalue weighted by Gasteiger charge is -1.94. The highest BCUT2D eigenvalue weighted by Gasteiger charge is 1.97. The van der Waals surface area contributed by atoms with Gasteiger partial charge in [0.2, 0.25) is 0 Å². The summed E-state index contributed by atoms with van der Waals surface area (Å²) in [7, 11) is 0. The van der Waals surface area contributed by atoms with Crippen LogP contribution in [-0.4, -0.2) is 10.1 Å². The van der Waals surface area contributed by atoms with E-state index in [1.165, 1.54) is 6.07 Å². The molecule has 10 heavy (non-hydrogen) atoms. The van der Waals surface area contributed by atoms with Crippen molar-refractivity contribution in [1.29, 1.82) is 0 Å². The molecule has 0 saturated carbocycles. The predicted octanol–water partition coefficient (Wildman–Crippen LogP) is 1.53. The average Bonchev–Trinajstić information content (AvgIpc) is 1.95. The van der Waals surface area contributed by atoms with Gasteiger partial charge in [-0.15, -0.1) is 6.42 Å². The third kappa shape index (κ3) is 1.28. The Kier molecular flexibility index (Phi) is 1.93. The zero-order valence-corrected chi connectivity index (χ0v) is 6.59. The Morgan fingerprint density at radius 3 is 2.80 bits per heavy atom. The minimum absolute atomic E-state index is 0.0963.